The molecule has 0 radical (unpaired) electrons. The van der Waals surface area contributed by atoms with Crippen LogP contribution in [0.4, 0.5) is 0 Å². The molecule has 1 aliphatic heterocycles. The van der Waals surface area contributed by atoms with E-state index in [1.165, 1.54) is 24.3 Å². The highest BCUT2D eigenvalue weighted by molar-refractivity contribution is 7.86. The number of esters is 1. The van der Waals surface area contributed by atoms with Crippen molar-refractivity contribution in [2.75, 3.05) is 6.61 Å². The maximum absolute atomic E-state index is 12.6. The van der Waals surface area contributed by atoms with Crippen LogP contribution in [0.25, 0.3) is 0 Å². The van der Waals surface area contributed by atoms with Gasteiger partial charge in [0.2, 0.25) is 0 Å². The molecule has 0 aliphatic carbocycles. The Morgan fingerprint density at radius 1 is 1.04 bits per heavy atom. The molecular weight excluding hydrogens is 388 g/mol. The summed E-state index contributed by atoms with van der Waals surface area (Å²) in [6.07, 6.45) is -6.18. The van der Waals surface area contributed by atoms with Crippen LogP contribution in [-0.2, 0) is 23.8 Å². The van der Waals surface area contributed by atoms with Crippen molar-refractivity contribution in [2.24, 2.45) is 0 Å². The Hall–Kier alpha value is -2.30. The van der Waals surface area contributed by atoms with Gasteiger partial charge in [-0.05, 0) is 31.2 Å². The van der Waals surface area contributed by atoms with E-state index in [4.69, 9.17) is 13.7 Å². The Morgan fingerprint density at radius 2 is 1.68 bits per heavy atom. The van der Waals surface area contributed by atoms with Crippen LogP contribution in [0.3, 0.4) is 0 Å². The third kappa shape index (κ3) is 4.57. The van der Waals surface area contributed by atoms with Gasteiger partial charge in [0, 0.05) is 0 Å². The second kappa shape index (κ2) is 8.38. The highest BCUT2D eigenvalue weighted by Gasteiger charge is 2.45. The van der Waals surface area contributed by atoms with Gasteiger partial charge in [0.1, 0.15) is 12.2 Å². The molecule has 1 heterocycles. The van der Waals surface area contributed by atoms with Crippen molar-refractivity contribution in [3.05, 3.63) is 65.7 Å². The zero-order chi connectivity index (χ0) is 20.3. The quantitative estimate of drug-likeness (QED) is 0.556. The number of benzene rings is 2. The molecule has 150 valence electrons. The lowest BCUT2D eigenvalue weighted by Gasteiger charge is -2.36. The molecule has 2 aromatic carbocycles. The van der Waals surface area contributed by atoms with Gasteiger partial charge in [-0.15, -0.1) is 0 Å². The minimum atomic E-state index is -4.28. The van der Waals surface area contributed by atoms with Crippen molar-refractivity contribution in [2.45, 2.75) is 36.4 Å². The van der Waals surface area contributed by atoms with E-state index in [1.54, 1.807) is 37.3 Å². The third-order valence-electron chi connectivity index (χ3n) is 4.22. The molecule has 0 unspecified atom stereocenters. The van der Waals surface area contributed by atoms with Crippen molar-refractivity contribution in [1.82, 2.24) is 0 Å². The molecule has 0 bridgehead atoms. The predicted molar refractivity (Wildman–Crippen MR) is 96.8 cm³/mol. The van der Waals surface area contributed by atoms with Gasteiger partial charge >= 0.3 is 5.97 Å². The maximum Gasteiger partial charge on any atom is 0.338 e. The minimum absolute atomic E-state index is 0.126. The highest BCUT2D eigenvalue weighted by Crippen LogP contribution is 2.25. The molecule has 1 fully saturated rings. The number of aliphatic hydroxyl groups excluding tert-OH is 2. The summed E-state index contributed by atoms with van der Waals surface area (Å²) in [6, 6.07) is 13.8. The van der Waals surface area contributed by atoms with Crippen LogP contribution >= 0.6 is 0 Å². The van der Waals surface area contributed by atoms with E-state index in [1.807, 2.05) is 0 Å². The topological polar surface area (TPSA) is 119 Å². The summed E-state index contributed by atoms with van der Waals surface area (Å²) in [6.45, 7) is 1.42. The number of aryl methyl sites for hydroxylation is 1. The number of hydrogen-bond donors (Lipinski definition) is 2. The predicted octanol–water partition coefficient (Wildman–Crippen LogP) is 1.00. The van der Waals surface area contributed by atoms with Gasteiger partial charge < -0.3 is 19.7 Å². The maximum atomic E-state index is 12.6. The molecule has 0 amide bonds. The fraction of sp³-hybridized carbons (Fsp3) is 0.316. The van der Waals surface area contributed by atoms with Crippen LogP contribution in [0.1, 0.15) is 15.9 Å². The van der Waals surface area contributed by atoms with E-state index < -0.39 is 40.7 Å². The van der Waals surface area contributed by atoms with E-state index >= 15 is 0 Å². The van der Waals surface area contributed by atoms with E-state index in [0.29, 0.717) is 0 Å². The van der Waals surface area contributed by atoms with Gasteiger partial charge in [0.25, 0.3) is 10.1 Å². The highest BCUT2D eigenvalue weighted by atomic mass is 32.2. The van der Waals surface area contributed by atoms with Crippen LogP contribution in [0.5, 0.6) is 0 Å². The second-order valence-corrected chi connectivity index (χ2v) is 7.93. The number of hydrogen-bond acceptors (Lipinski definition) is 8. The average molecular weight is 408 g/mol. The summed E-state index contributed by atoms with van der Waals surface area (Å²) in [5.41, 5.74) is 1.05. The summed E-state index contributed by atoms with van der Waals surface area (Å²) in [7, 11) is -4.28. The fourth-order valence-electron chi connectivity index (χ4n) is 2.68. The lowest BCUT2D eigenvalue weighted by molar-refractivity contribution is -0.245. The van der Waals surface area contributed by atoms with Crippen molar-refractivity contribution < 1.29 is 37.1 Å². The van der Waals surface area contributed by atoms with E-state index in [0.717, 1.165) is 5.56 Å². The molecule has 2 N–H and O–H groups in total. The van der Waals surface area contributed by atoms with Gasteiger partial charge in [0.05, 0.1) is 17.1 Å². The number of ether oxygens (including phenoxy) is 2. The van der Waals surface area contributed by atoms with Crippen molar-refractivity contribution >= 4 is 16.1 Å². The summed E-state index contributed by atoms with van der Waals surface area (Å²) in [5.74, 6) is -0.816. The molecule has 4 atom stereocenters. The average Bonchev–Trinajstić information content (AvgIpc) is 2.68. The molecule has 8 nitrogen and oxygen atoms in total. The van der Waals surface area contributed by atoms with Crippen molar-refractivity contribution in [3.63, 3.8) is 0 Å². The first kappa shape index (κ1) is 20.4. The minimum Gasteiger partial charge on any atom is -0.450 e. The van der Waals surface area contributed by atoms with E-state index in [-0.39, 0.29) is 17.1 Å². The first-order valence-corrected chi connectivity index (χ1v) is 9.92. The van der Waals surface area contributed by atoms with Gasteiger partial charge in [-0.1, -0.05) is 35.9 Å². The molecule has 0 spiro atoms. The summed E-state index contributed by atoms with van der Waals surface area (Å²) < 4.78 is 40.4. The lowest BCUT2D eigenvalue weighted by atomic mass is 10.1. The second-order valence-electron chi connectivity index (χ2n) is 6.36. The van der Waals surface area contributed by atoms with Crippen LogP contribution in [0.2, 0.25) is 0 Å². The van der Waals surface area contributed by atoms with Crippen LogP contribution in [0.15, 0.2) is 59.5 Å². The fourth-order valence-corrected chi connectivity index (χ4v) is 3.80. The number of carbonyl (C=O) groups is 1. The van der Waals surface area contributed by atoms with Crippen molar-refractivity contribution in [1.29, 1.82) is 0 Å². The monoisotopic (exact) mass is 408 g/mol. The van der Waals surface area contributed by atoms with Crippen LogP contribution in [0, 0.1) is 6.92 Å². The van der Waals surface area contributed by atoms with Crippen LogP contribution < -0.4 is 0 Å². The number of carbonyl (C=O) groups excluding carboxylic acids is 1. The van der Waals surface area contributed by atoms with Crippen LogP contribution in [-0.4, -0.2) is 55.8 Å². The lowest BCUT2D eigenvalue weighted by Crippen LogP contribution is -2.56. The third-order valence-corrected chi connectivity index (χ3v) is 5.55. The Bertz CT molecular complexity index is 911. The zero-order valence-corrected chi connectivity index (χ0v) is 15.8. The smallest absolute Gasteiger partial charge is 0.338 e. The standard InChI is InChI=1S/C19H20O8S/c1-12-7-9-14(10-8-12)28(23,24)27-16-15(20)11-25-19(22)17(16)26-18(21)13-5-3-2-4-6-13/h2-10,15-17,19-20,22H,11H2,1H3/t15-,16-,17-,19+/m1/s1. The molecule has 28 heavy (non-hydrogen) atoms. The van der Waals surface area contributed by atoms with E-state index in [2.05, 4.69) is 0 Å². The molecule has 0 saturated carbocycles. The normalized spacial score (nSPS) is 25.2. The summed E-state index contributed by atoms with van der Waals surface area (Å²) in [5, 5.41) is 20.2. The van der Waals surface area contributed by atoms with E-state index in [9.17, 15) is 23.4 Å². The number of aliphatic hydroxyl groups is 2. The molecule has 0 aromatic heterocycles. The SMILES string of the molecule is Cc1ccc(S(=O)(=O)O[C@H]2[C@@H](OC(=O)c3ccccc3)[C@@H](O)OC[C@H]2O)cc1. The van der Waals surface area contributed by atoms with Gasteiger partial charge in [0.15, 0.2) is 12.4 Å². The van der Waals surface area contributed by atoms with Gasteiger partial charge in [-0.2, -0.15) is 8.42 Å². The summed E-state index contributed by atoms with van der Waals surface area (Å²) in [4.78, 5) is 12.2. The summed E-state index contributed by atoms with van der Waals surface area (Å²) >= 11 is 0. The number of rotatable bonds is 5. The Morgan fingerprint density at radius 3 is 2.32 bits per heavy atom. The molecule has 1 saturated heterocycles. The first-order chi connectivity index (χ1) is 13.3. The van der Waals surface area contributed by atoms with Crippen molar-refractivity contribution in [3.8, 4) is 0 Å². The molecule has 9 heteroatoms. The molecule has 3 rings (SSSR count). The largest absolute Gasteiger partial charge is 0.450 e. The van der Waals surface area contributed by atoms with Gasteiger partial charge in [-0.25, -0.2) is 4.79 Å². The Kier molecular flexibility index (Phi) is 6.11. The first-order valence-electron chi connectivity index (χ1n) is 8.51. The molecule has 1 aliphatic rings. The zero-order valence-electron chi connectivity index (χ0n) is 15.0. The Labute approximate surface area is 162 Å². The van der Waals surface area contributed by atoms with Gasteiger partial charge in [-0.3, -0.25) is 4.18 Å². The Balaban J connectivity index is 1.83. The molecule has 2 aromatic rings. The molecular formula is C19H20O8S.